The van der Waals surface area contributed by atoms with Crippen molar-refractivity contribution >= 4 is 21.4 Å². The zero-order chi connectivity index (χ0) is 26.3. The van der Waals surface area contributed by atoms with Gasteiger partial charge in [-0.1, -0.05) is 31.4 Å². The topological polar surface area (TPSA) is 91.7 Å². The predicted molar refractivity (Wildman–Crippen MR) is 149 cm³/mol. The van der Waals surface area contributed by atoms with E-state index in [2.05, 4.69) is 28.7 Å². The van der Waals surface area contributed by atoms with E-state index in [-0.39, 0.29) is 6.10 Å². The van der Waals surface area contributed by atoms with Crippen LogP contribution in [0, 0.1) is 17.2 Å². The van der Waals surface area contributed by atoms with Gasteiger partial charge in [0.1, 0.15) is 11.5 Å². The van der Waals surface area contributed by atoms with Gasteiger partial charge in [0, 0.05) is 30.5 Å². The van der Waals surface area contributed by atoms with Gasteiger partial charge in [0.15, 0.2) is 0 Å². The van der Waals surface area contributed by atoms with Gasteiger partial charge in [0.05, 0.1) is 12.4 Å². The third-order valence-electron chi connectivity index (χ3n) is 7.48. The van der Waals surface area contributed by atoms with Crippen molar-refractivity contribution in [1.29, 1.82) is 5.41 Å². The number of nitrogens with one attached hydrogen (secondary N) is 2. The van der Waals surface area contributed by atoms with Crippen molar-refractivity contribution in [1.82, 2.24) is 4.90 Å². The van der Waals surface area contributed by atoms with E-state index < -0.39 is 10.0 Å². The Morgan fingerprint density at radius 2 is 1.57 bits per heavy atom. The van der Waals surface area contributed by atoms with Crippen molar-refractivity contribution in [2.24, 2.45) is 11.8 Å². The van der Waals surface area contributed by atoms with Crippen LogP contribution < -0.4 is 9.46 Å². The summed E-state index contributed by atoms with van der Waals surface area (Å²) in [5.74, 6) is 2.26. The Labute approximate surface area is 222 Å². The smallest absolute Gasteiger partial charge is 0.229 e. The molecular formula is C29H41N3O4S. The molecule has 2 aliphatic rings. The molecule has 2 N–H and O–H groups in total. The van der Waals surface area contributed by atoms with Gasteiger partial charge in [0.2, 0.25) is 10.0 Å². The van der Waals surface area contributed by atoms with Crippen molar-refractivity contribution in [3.63, 3.8) is 0 Å². The maximum Gasteiger partial charge on any atom is 0.229 e. The second-order valence-corrected chi connectivity index (χ2v) is 12.2. The molecule has 1 aliphatic heterocycles. The first kappa shape index (κ1) is 27.6. The molecular weight excluding hydrogens is 486 g/mol. The van der Waals surface area contributed by atoms with Crippen LogP contribution in [0.4, 0.5) is 5.69 Å². The molecule has 0 radical (unpaired) electrons. The molecule has 8 heteroatoms. The second kappa shape index (κ2) is 12.9. The van der Waals surface area contributed by atoms with E-state index in [0.29, 0.717) is 29.9 Å². The van der Waals surface area contributed by atoms with Crippen LogP contribution >= 0.6 is 0 Å². The van der Waals surface area contributed by atoms with Crippen LogP contribution in [0.25, 0.3) is 0 Å². The molecule has 7 nitrogen and oxygen atoms in total. The summed E-state index contributed by atoms with van der Waals surface area (Å²) in [5.41, 5.74) is 2.59. The van der Waals surface area contributed by atoms with E-state index in [9.17, 15) is 8.42 Å². The first-order valence-corrected chi connectivity index (χ1v) is 15.5. The molecule has 2 aromatic rings. The first-order chi connectivity index (χ1) is 17.8. The third-order valence-corrected chi connectivity index (χ3v) is 8.09. The molecule has 37 heavy (non-hydrogen) atoms. The lowest BCUT2D eigenvalue weighted by molar-refractivity contribution is 0.0470. The molecule has 202 valence electrons. The van der Waals surface area contributed by atoms with E-state index in [1.807, 2.05) is 12.1 Å². The highest BCUT2D eigenvalue weighted by molar-refractivity contribution is 7.92. The summed E-state index contributed by atoms with van der Waals surface area (Å²) in [7, 11) is -3.30. The van der Waals surface area contributed by atoms with Gasteiger partial charge in [-0.05, 0) is 93.6 Å². The van der Waals surface area contributed by atoms with Crippen LogP contribution in [0.3, 0.4) is 0 Å². The number of ether oxygens (including phenoxy) is 2. The summed E-state index contributed by atoms with van der Waals surface area (Å²) < 4.78 is 37.2. The molecule has 0 amide bonds. The molecule has 0 aromatic heterocycles. The van der Waals surface area contributed by atoms with Gasteiger partial charge in [-0.15, -0.1) is 0 Å². The number of nitrogens with zero attached hydrogens (tertiary/aromatic N) is 1. The highest BCUT2D eigenvalue weighted by Crippen LogP contribution is 2.32. The molecule has 1 unspecified atom stereocenters. The highest BCUT2D eigenvalue weighted by atomic mass is 32.2. The minimum Gasteiger partial charge on any atom is -0.457 e. The maximum absolute atomic E-state index is 11.3. The normalized spacial score (nSPS) is 18.9. The first-order valence-electron chi connectivity index (χ1n) is 13.6. The summed E-state index contributed by atoms with van der Waals surface area (Å²) in [5, 5.41) is 8.95. The average Bonchev–Trinajstić information content (AvgIpc) is 2.89. The number of piperidine rings is 1. The van der Waals surface area contributed by atoms with Crippen molar-refractivity contribution in [2.45, 2.75) is 64.5 Å². The standard InChI is InChI=1S/C29H41N3O4S/c1-3-35-29(24-7-5-4-6-8-24)28(30)23-17-19-32(20-18-23)21-22-9-13-26(14-10-22)36-27-15-11-25(12-16-27)31-37(2,33)34/h9-16,23-24,29-31H,3-8,17-21H2,1-2H3. The van der Waals surface area contributed by atoms with Crippen molar-refractivity contribution in [2.75, 3.05) is 30.7 Å². The Morgan fingerprint density at radius 3 is 2.14 bits per heavy atom. The molecule has 1 aliphatic carbocycles. The molecule has 1 atom stereocenters. The van der Waals surface area contributed by atoms with E-state index in [1.54, 1.807) is 24.3 Å². The number of benzene rings is 2. The van der Waals surface area contributed by atoms with Crippen LogP contribution in [0.5, 0.6) is 11.5 Å². The molecule has 0 spiro atoms. The fraction of sp³-hybridized carbons (Fsp3) is 0.552. The van der Waals surface area contributed by atoms with Gasteiger partial charge in [-0.3, -0.25) is 9.62 Å². The number of sulfonamides is 1. The van der Waals surface area contributed by atoms with Crippen LogP contribution in [-0.2, 0) is 21.3 Å². The Hall–Kier alpha value is -2.42. The molecule has 1 saturated heterocycles. The van der Waals surface area contributed by atoms with Crippen molar-refractivity contribution in [3.8, 4) is 11.5 Å². The van der Waals surface area contributed by atoms with Crippen LogP contribution in [0.2, 0.25) is 0 Å². The van der Waals surface area contributed by atoms with E-state index >= 15 is 0 Å². The molecule has 1 heterocycles. The quantitative estimate of drug-likeness (QED) is 0.346. The average molecular weight is 528 g/mol. The maximum atomic E-state index is 11.3. The summed E-state index contributed by atoms with van der Waals surface area (Å²) in [6.45, 7) is 5.64. The summed E-state index contributed by atoms with van der Waals surface area (Å²) in [6.07, 6.45) is 9.49. The largest absolute Gasteiger partial charge is 0.457 e. The monoisotopic (exact) mass is 527 g/mol. The van der Waals surface area contributed by atoms with E-state index in [0.717, 1.165) is 50.2 Å². The summed E-state index contributed by atoms with van der Waals surface area (Å²) >= 11 is 0. The summed E-state index contributed by atoms with van der Waals surface area (Å²) in [4.78, 5) is 2.48. The lowest BCUT2D eigenvalue weighted by Gasteiger charge is -2.37. The Kier molecular flexibility index (Phi) is 9.62. The third kappa shape index (κ3) is 8.28. The minimum atomic E-state index is -3.30. The van der Waals surface area contributed by atoms with Crippen LogP contribution in [0.15, 0.2) is 48.5 Å². The molecule has 4 rings (SSSR count). The fourth-order valence-electron chi connectivity index (χ4n) is 5.59. The zero-order valence-electron chi connectivity index (χ0n) is 22.1. The van der Waals surface area contributed by atoms with Gasteiger partial charge < -0.3 is 14.9 Å². The van der Waals surface area contributed by atoms with Crippen molar-refractivity contribution in [3.05, 3.63) is 54.1 Å². The number of hydrogen-bond donors (Lipinski definition) is 2. The Balaban J connectivity index is 1.25. The fourth-order valence-corrected chi connectivity index (χ4v) is 6.16. The minimum absolute atomic E-state index is 0.0153. The summed E-state index contributed by atoms with van der Waals surface area (Å²) in [6, 6.07) is 15.0. The Morgan fingerprint density at radius 1 is 0.973 bits per heavy atom. The number of anilines is 1. The molecule has 1 saturated carbocycles. The lowest BCUT2D eigenvalue weighted by Crippen LogP contribution is -2.42. The van der Waals surface area contributed by atoms with Gasteiger partial charge >= 0.3 is 0 Å². The molecule has 0 bridgehead atoms. The van der Waals surface area contributed by atoms with E-state index in [1.165, 1.54) is 37.7 Å². The SMILES string of the molecule is CCOC(C(=N)C1CCN(Cc2ccc(Oc3ccc(NS(C)(=O)=O)cc3)cc2)CC1)C1CCCCC1. The zero-order valence-corrected chi connectivity index (χ0v) is 22.9. The number of rotatable bonds is 11. The predicted octanol–water partition coefficient (Wildman–Crippen LogP) is 6.07. The number of likely N-dealkylation sites (tertiary alicyclic amines) is 1. The van der Waals surface area contributed by atoms with Crippen LogP contribution in [-0.4, -0.2) is 51.1 Å². The number of hydrogen-bond acceptors (Lipinski definition) is 6. The van der Waals surface area contributed by atoms with E-state index in [4.69, 9.17) is 14.9 Å². The van der Waals surface area contributed by atoms with Crippen molar-refractivity contribution < 1.29 is 17.9 Å². The lowest BCUT2D eigenvalue weighted by atomic mass is 9.78. The van der Waals surface area contributed by atoms with Gasteiger partial charge in [-0.25, -0.2) is 8.42 Å². The Bertz CT molecular complexity index is 1100. The second-order valence-electron chi connectivity index (χ2n) is 10.4. The molecule has 2 fully saturated rings. The van der Waals surface area contributed by atoms with Gasteiger partial charge in [-0.2, -0.15) is 0 Å². The highest BCUT2D eigenvalue weighted by Gasteiger charge is 2.33. The molecule has 2 aromatic carbocycles. The van der Waals surface area contributed by atoms with Crippen LogP contribution in [0.1, 0.15) is 57.4 Å². The van der Waals surface area contributed by atoms with Gasteiger partial charge in [0.25, 0.3) is 0 Å².